The molecule has 0 saturated heterocycles. The molecular formula is C13H15BrClN3. The molecule has 0 bridgehead atoms. The van der Waals surface area contributed by atoms with Gasteiger partial charge in [-0.15, -0.1) is 11.6 Å². The Hall–Kier alpha value is -0.870. The molecule has 2 rings (SSSR count). The predicted octanol–water partition coefficient (Wildman–Crippen LogP) is 4.07. The quantitative estimate of drug-likeness (QED) is 0.860. The maximum absolute atomic E-state index is 5.88. The van der Waals surface area contributed by atoms with Crippen LogP contribution in [0, 0.1) is 5.92 Å². The maximum Gasteiger partial charge on any atom is 0.112 e. The number of halogens is 2. The van der Waals surface area contributed by atoms with Crippen molar-refractivity contribution in [3.8, 4) is 0 Å². The SMILES string of the molecule is CC(CCl)C(C)Nc1ccnc2cc(Br)cnc12. The first-order valence-electron chi connectivity index (χ1n) is 5.84. The molecule has 2 atom stereocenters. The Morgan fingerprint density at radius 2 is 2.17 bits per heavy atom. The first-order chi connectivity index (χ1) is 8.61. The molecule has 0 saturated carbocycles. The normalized spacial score (nSPS) is 14.4. The van der Waals surface area contributed by atoms with Gasteiger partial charge in [0.05, 0.1) is 11.2 Å². The summed E-state index contributed by atoms with van der Waals surface area (Å²) in [5.41, 5.74) is 2.76. The lowest BCUT2D eigenvalue weighted by atomic mass is 10.1. The van der Waals surface area contributed by atoms with Gasteiger partial charge < -0.3 is 5.32 Å². The van der Waals surface area contributed by atoms with Crippen LogP contribution in [-0.4, -0.2) is 21.9 Å². The molecule has 18 heavy (non-hydrogen) atoms. The third-order valence-electron chi connectivity index (χ3n) is 3.02. The Labute approximate surface area is 120 Å². The topological polar surface area (TPSA) is 37.8 Å². The molecule has 0 amide bonds. The minimum atomic E-state index is 0.290. The average Bonchev–Trinajstić information content (AvgIpc) is 2.37. The highest BCUT2D eigenvalue weighted by Crippen LogP contribution is 2.23. The van der Waals surface area contributed by atoms with E-state index in [1.807, 2.05) is 12.1 Å². The van der Waals surface area contributed by atoms with Crippen molar-refractivity contribution in [2.75, 3.05) is 11.2 Å². The summed E-state index contributed by atoms with van der Waals surface area (Å²) in [7, 11) is 0. The Morgan fingerprint density at radius 1 is 1.39 bits per heavy atom. The van der Waals surface area contributed by atoms with Crippen LogP contribution in [0.3, 0.4) is 0 Å². The third kappa shape index (κ3) is 2.93. The van der Waals surface area contributed by atoms with Crippen LogP contribution in [0.25, 0.3) is 11.0 Å². The molecule has 5 heteroatoms. The van der Waals surface area contributed by atoms with Crippen LogP contribution in [0.2, 0.25) is 0 Å². The van der Waals surface area contributed by atoms with Gasteiger partial charge in [0, 0.05) is 28.8 Å². The highest BCUT2D eigenvalue weighted by molar-refractivity contribution is 9.10. The minimum absolute atomic E-state index is 0.290. The highest BCUT2D eigenvalue weighted by Gasteiger charge is 2.12. The van der Waals surface area contributed by atoms with Crippen molar-refractivity contribution in [3.63, 3.8) is 0 Å². The number of aromatic nitrogens is 2. The van der Waals surface area contributed by atoms with E-state index >= 15 is 0 Å². The second kappa shape index (κ2) is 5.85. The largest absolute Gasteiger partial charge is 0.380 e. The minimum Gasteiger partial charge on any atom is -0.380 e. The average molecular weight is 329 g/mol. The molecule has 2 heterocycles. The molecule has 2 unspecified atom stereocenters. The molecule has 0 fully saturated rings. The number of nitrogens with zero attached hydrogens (tertiary/aromatic N) is 2. The molecule has 0 aliphatic carbocycles. The molecule has 0 spiro atoms. The first-order valence-corrected chi connectivity index (χ1v) is 7.17. The second-order valence-electron chi connectivity index (χ2n) is 4.44. The summed E-state index contributed by atoms with van der Waals surface area (Å²) in [5.74, 6) is 1.03. The molecule has 1 N–H and O–H groups in total. The van der Waals surface area contributed by atoms with Crippen LogP contribution in [-0.2, 0) is 0 Å². The lowest BCUT2D eigenvalue weighted by Gasteiger charge is -2.20. The molecule has 0 aliphatic heterocycles. The predicted molar refractivity (Wildman–Crippen MR) is 80.2 cm³/mol. The van der Waals surface area contributed by atoms with Gasteiger partial charge in [0.15, 0.2) is 0 Å². The van der Waals surface area contributed by atoms with Gasteiger partial charge in [-0.05, 0) is 40.9 Å². The number of rotatable bonds is 4. The van der Waals surface area contributed by atoms with Crippen molar-refractivity contribution in [1.29, 1.82) is 0 Å². The van der Waals surface area contributed by atoms with Crippen LogP contribution in [0.5, 0.6) is 0 Å². The van der Waals surface area contributed by atoms with Gasteiger partial charge >= 0.3 is 0 Å². The Morgan fingerprint density at radius 3 is 2.89 bits per heavy atom. The summed E-state index contributed by atoms with van der Waals surface area (Å²) in [6.45, 7) is 4.25. The molecular weight excluding hydrogens is 314 g/mol. The summed E-state index contributed by atoms with van der Waals surface area (Å²) in [5, 5.41) is 3.45. The zero-order valence-electron chi connectivity index (χ0n) is 10.3. The van der Waals surface area contributed by atoms with Gasteiger partial charge in [-0.2, -0.15) is 0 Å². The number of alkyl halides is 1. The van der Waals surface area contributed by atoms with Crippen molar-refractivity contribution >= 4 is 44.3 Å². The fourth-order valence-electron chi connectivity index (χ4n) is 1.64. The Bertz CT molecular complexity index is 547. The van der Waals surface area contributed by atoms with Gasteiger partial charge in [0.1, 0.15) is 5.52 Å². The lowest BCUT2D eigenvalue weighted by Crippen LogP contribution is -2.25. The van der Waals surface area contributed by atoms with Gasteiger partial charge in [-0.1, -0.05) is 6.92 Å². The van der Waals surface area contributed by atoms with Crippen molar-refractivity contribution in [3.05, 3.63) is 29.0 Å². The summed E-state index contributed by atoms with van der Waals surface area (Å²) in [6, 6.07) is 4.20. The maximum atomic E-state index is 5.88. The van der Waals surface area contributed by atoms with Crippen molar-refractivity contribution < 1.29 is 0 Å². The van der Waals surface area contributed by atoms with E-state index in [1.165, 1.54) is 0 Å². The molecule has 0 aromatic carbocycles. The van der Waals surface area contributed by atoms with E-state index in [0.717, 1.165) is 21.2 Å². The van der Waals surface area contributed by atoms with Crippen molar-refractivity contribution in [2.24, 2.45) is 5.92 Å². The number of anilines is 1. The molecule has 3 nitrogen and oxygen atoms in total. The van der Waals surface area contributed by atoms with E-state index < -0.39 is 0 Å². The van der Waals surface area contributed by atoms with Crippen LogP contribution >= 0.6 is 27.5 Å². The van der Waals surface area contributed by atoms with Crippen molar-refractivity contribution in [1.82, 2.24) is 9.97 Å². The van der Waals surface area contributed by atoms with Crippen LogP contribution < -0.4 is 5.32 Å². The van der Waals surface area contributed by atoms with E-state index in [2.05, 4.69) is 45.1 Å². The molecule has 0 aliphatic rings. The van der Waals surface area contributed by atoms with E-state index in [-0.39, 0.29) is 0 Å². The number of hydrogen-bond acceptors (Lipinski definition) is 3. The zero-order chi connectivity index (χ0) is 13.1. The summed E-state index contributed by atoms with van der Waals surface area (Å²) < 4.78 is 0.932. The van der Waals surface area contributed by atoms with Gasteiger partial charge in [-0.25, -0.2) is 0 Å². The summed E-state index contributed by atoms with van der Waals surface area (Å²) in [6.07, 6.45) is 3.57. The fourth-order valence-corrected chi connectivity index (χ4v) is 2.23. The van der Waals surface area contributed by atoms with E-state index in [4.69, 9.17) is 11.6 Å². The molecule has 2 aromatic heterocycles. The Balaban J connectivity index is 2.33. The molecule has 0 radical (unpaired) electrons. The third-order valence-corrected chi connectivity index (χ3v) is 3.94. The summed E-state index contributed by atoms with van der Waals surface area (Å²) >= 11 is 9.28. The highest BCUT2D eigenvalue weighted by atomic mass is 79.9. The van der Waals surface area contributed by atoms with Gasteiger partial charge in [0.2, 0.25) is 0 Å². The van der Waals surface area contributed by atoms with Crippen LogP contribution in [0.1, 0.15) is 13.8 Å². The van der Waals surface area contributed by atoms with E-state index in [1.54, 1.807) is 12.4 Å². The number of pyridine rings is 2. The Kier molecular flexibility index (Phi) is 4.40. The van der Waals surface area contributed by atoms with Crippen LogP contribution in [0.15, 0.2) is 29.0 Å². The standard InChI is InChI=1S/C13H15BrClN3/c1-8(6-15)9(2)18-11-3-4-16-12-5-10(14)7-17-13(11)12/h3-5,7-9H,6H2,1-2H3,(H,16,18). The number of fused-ring (bicyclic) bond motifs is 1. The van der Waals surface area contributed by atoms with Crippen LogP contribution in [0.4, 0.5) is 5.69 Å². The van der Waals surface area contributed by atoms with E-state index in [9.17, 15) is 0 Å². The monoisotopic (exact) mass is 327 g/mol. The molecule has 96 valence electrons. The van der Waals surface area contributed by atoms with E-state index in [0.29, 0.717) is 17.8 Å². The van der Waals surface area contributed by atoms with Crippen molar-refractivity contribution in [2.45, 2.75) is 19.9 Å². The summed E-state index contributed by atoms with van der Waals surface area (Å²) in [4.78, 5) is 8.73. The first kappa shape index (κ1) is 13.6. The second-order valence-corrected chi connectivity index (χ2v) is 5.67. The van der Waals surface area contributed by atoms with Gasteiger partial charge in [0.25, 0.3) is 0 Å². The van der Waals surface area contributed by atoms with Gasteiger partial charge in [-0.3, -0.25) is 9.97 Å². The lowest BCUT2D eigenvalue weighted by molar-refractivity contribution is 0.566. The fraction of sp³-hybridized carbons (Fsp3) is 0.385. The smallest absolute Gasteiger partial charge is 0.112 e. The number of nitrogens with one attached hydrogen (secondary N) is 1. The molecule has 2 aromatic rings. The number of hydrogen-bond donors (Lipinski definition) is 1. The zero-order valence-corrected chi connectivity index (χ0v) is 12.7.